The Morgan fingerprint density at radius 2 is 1.52 bits per heavy atom. The molecule has 0 radical (unpaired) electrons. The minimum atomic E-state index is 0.178. The molecule has 0 spiro atoms. The van der Waals surface area contributed by atoms with Gasteiger partial charge in [-0.05, 0) is 24.0 Å². The Bertz CT molecular complexity index is 687. The number of aromatic nitrogens is 1. The summed E-state index contributed by atoms with van der Waals surface area (Å²) < 4.78 is 5.36. The number of aliphatic hydroxyl groups excluding tert-OH is 1. The predicted molar refractivity (Wildman–Crippen MR) is 82.8 cm³/mol. The van der Waals surface area contributed by atoms with Crippen LogP contribution in [0.2, 0.25) is 0 Å². The van der Waals surface area contributed by atoms with Crippen LogP contribution in [-0.4, -0.2) is 16.9 Å². The number of aryl methyl sites for hydroxylation is 1. The molecular weight excluding hydrogens is 262 g/mol. The van der Waals surface area contributed by atoms with Gasteiger partial charge in [-0.3, -0.25) is 0 Å². The van der Waals surface area contributed by atoms with Crippen molar-refractivity contribution in [2.45, 2.75) is 12.8 Å². The van der Waals surface area contributed by atoms with Gasteiger partial charge in [0.2, 0.25) is 0 Å². The molecule has 0 bridgehead atoms. The van der Waals surface area contributed by atoms with Gasteiger partial charge in [-0.1, -0.05) is 59.8 Å². The molecule has 1 aromatic heterocycles. The zero-order valence-electron chi connectivity index (χ0n) is 11.7. The highest BCUT2D eigenvalue weighted by Gasteiger charge is 2.10. The first-order chi connectivity index (χ1) is 10.4. The number of rotatable bonds is 5. The van der Waals surface area contributed by atoms with Crippen molar-refractivity contribution in [3.05, 3.63) is 66.4 Å². The number of hydrogen-bond donors (Lipinski definition) is 1. The first kappa shape index (κ1) is 13.6. The van der Waals surface area contributed by atoms with E-state index in [4.69, 9.17) is 9.63 Å². The molecule has 21 heavy (non-hydrogen) atoms. The van der Waals surface area contributed by atoms with E-state index in [1.165, 1.54) is 11.1 Å². The van der Waals surface area contributed by atoms with Crippen LogP contribution in [0.1, 0.15) is 12.0 Å². The summed E-state index contributed by atoms with van der Waals surface area (Å²) in [5.74, 6) is 0.795. The van der Waals surface area contributed by atoms with Crippen molar-refractivity contribution in [3.63, 3.8) is 0 Å². The number of nitrogens with zero attached hydrogens (tertiary/aromatic N) is 1. The summed E-state index contributed by atoms with van der Waals surface area (Å²) in [6.07, 6.45) is 3.22. The largest absolute Gasteiger partial charge is 0.396 e. The van der Waals surface area contributed by atoms with E-state index in [-0.39, 0.29) is 6.61 Å². The molecule has 0 aliphatic carbocycles. The second-order valence-corrected chi connectivity index (χ2v) is 4.95. The first-order valence-corrected chi connectivity index (χ1v) is 7.09. The Kier molecular flexibility index (Phi) is 4.12. The summed E-state index contributed by atoms with van der Waals surface area (Å²) in [4.78, 5) is 0. The van der Waals surface area contributed by atoms with Gasteiger partial charge in [0.15, 0.2) is 5.76 Å². The van der Waals surface area contributed by atoms with Gasteiger partial charge in [0, 0.05) is 17.7 Å². The molecule has 0 aliphatic rings. The lowest BCUT2D eigenvalue weighted by Crippen LogP contribution is -1.90. The number of benzene rings is 2. The Labute approximate surface area is 123 Å². The van der Waals surface area contributed by atoms with E-state index in [9.17, 15) is 0 Å². The molecule has 1 heterocycles. The van der Waals surface area contributed by atoms with Crippen LogP contribution < -0.4 is 0 Å². The summed E-state index contributed by atoms with van der Waals surface area (Å²) in [6.45, 7) is 0.178. The van der Waals surface area contributed by atoms with Gasteiger partial charge in [0.1, 0.15) is 0 Å². The fourth-order valence-corrected chi connectivity index (χ4v) is 2.39. The molecule has 3 nitrogen and oxygen atoms in total. The van der Waals surface area contributed by atoms with Crippen molar-refractivity contribution in [1.29, 1.82) is 0 Å². The molecule has 0 aliphatic heterocycles. The second kappa shape index (κ2) is 6.37. The average Bonchev–Trinajstić information content (AvgIpc) is 3.02. The maximum Gasteiger partial charge on any atom is 0.170 e. The highest BCUT2D eigenvalue weighted by atomic mass is 16.5. The summed E-state index contributed by atoms with van der Waals surface area (Å²) in [5.41, 5.74) is 4.43. The Hall–Kier alpha value is -2.39. The van der Waals surface area contributed by atoms with E-state index >= 15 is 0 Å². The van der Waals surface area contributed by atoms with Crippen molar-refractivity contribution < 1.29 is 9.63 Å². The van der Waals surface area contributed by atoms with Gasteiger partial charge in [-0.25, -0.2) is 0 Å². The monoisotopic (exact) mass is 279 g/mol. The van der Waals surface area contributed by atoms with Crippen molar-refractivity contribution in [2.75, 3.05) is 6.61 Å². The quantitative estimate of drug-likeness (QED) is 0.769. The molecule has 0 saturated carbocycles. The summed E-state index contributed by atoms with van der Waals surface area (Å²) >= 11 is 0. The van der Waals surface area contributed by atoms with Crippen LogP contribution in [0.25, 0.3) is 22.5 Å². The van der Waals surface area contributed by atoms with Gasteiger partial charge < -0.3 is 9.63 Å². The SMILES string of the molecule is OCCCc1cnoc1-c1ccc(-c2ccccc2)cc1. The maximum atomic E-state index is 8.94. The average molecular weight is 279 g/mol. The van der Waals surface area contributed by atoms with E-state index in [0.29, 0.717) is 0 Å². The fourth-order valence-electron chi connectivity index (χ4n) is 2.39. The summed E-state index contributed by atoms with van der Waals surface area (Å²) in [7, 11) is 0. The molecule has 3 heteroatoms. The normalized spacial score (nSPS) is 10.7. The summed E-state index contributed by atoms with van der Waals surface area (Å²) in [6, 6.07) is 18.5. The lowest BCUT2D eigenvalue weighted by molar-refractivity contribution is 0.288. The predicted octanol–water partition coefficient (Wildman–Crippen LogP) is 3.93. The van der Waals surface area contributed by atoms with E-state index < -0.39 is 0 Å². The molecule has 1 N–H and O–H groups in total. The van der Waals surface area contributed by atoms with Crippen molar-refractivity contribution in [3.8, 4) is 22.5 Å². The highest BCUT2D eigenvalue weighted by molar-refractivity contribution is 5.69. The van der Waals surface area contributed by atoms with E-state index in [2.05, 4.69) is 29.4 Å². The molecule has 106 valence electrons. The van der Waals surface area contributed by atoms with Gasteiger partial charge in [-0.2, -0.15) is 0 Å². The zero-order chi connectivity index (χ0) is 14.5. The van der Waals surface area contributed by atoms with E-state index in [1.807, 2.05) is 30.3 Å². The third kappa shape index (κ3) is 3.03. The van der Waals surface area contributed by atoms with Crippen molar-refractivity contribution in [2.24, 2.45) is 0 Å². The fraction of sp³-hybridized carbons (Fsp3) is 0.167. The number of hydrogen-bond acceptors (Lipinski definition) is 3. The molecule has 2 aromatic carbocycles. The van der Waals surface area contributed by atoms with Crippen LogP contribution in [0.4, 0.5) is 0 Å². The van der Waals surface area contributed by atoms with Gasteiger partial charge in [0.25, 0.3) is 0 Å². The van der Waals surface area contributed by atoms with Gasteiger partial charge in [0.05, 0.1) is 6.20 Å². The lowest BCUT2D eigenvalue weighted by atomic mass is 10.0. The third-order valence-corrected chi connectivity index (χ3v) is 3.50. The molecule has 3 rings (SSSR count). The summed E-state index contributed by atoms with van der Waals surface area (Å²) in [5, 5.41) is 12.8. The topological polar surface area (TPSA) is 46.3 Å². The minimum absolute atomic E-state index is 0.178. The molecule has 0 saturated heterocycles. The van der Waals surface area contributed by atoms with Crippen LogP contribution in [-0.2, 0) is 6.42 Å². The van der Waals surface area contributed by atoms with Crippen molar-refractivity contribution >= 4 is 0 Å². The Balaban J connectivity index is 1.86. The molecular formula is C18H17NO2. The standard InChI is InChI=1S/C18H17NO2/c20-12-4-7-17-13-19-21-18(17)16-10-8-15(9-11-16)14-5-2-1-3-6-14/h1-3,5-6,8-11,13,20H,4,7,12H2. The first-order valence-electron chi connectivity index (χ1n) is 7.09. The lowest BCUT2D eigenvalue weighted by Gasteiger charge is -2.04. The molecule has 0 unspecified atom stereocenters. The van der Waals surface area contributed by atoms with Crippen LogP contribution in [0, 0.1) is 0 Å². The molecule has 0 amide bonds. The Morgan fingerprint density at radius 1 is 0.857 bits per heavy atom. The van der Waals surface area contributed by atoms with Crippen LogP contribution >= 0.6 is 0 Å². The zero-order valence-corrected chi connectivity index (χ0v) is 11.7. The van der Waals surface area contributed by atoms with Crippen LogP contribution in [0.15, 0.2) is 65.3 Å². The molecule has 0 atom stereocenters. The molecule has 0 fully saturated rings. The van der Waals surface area contributed by atoms with Crippen molar-refractivity contribution in [1.82, 2.24) is 5.16 Å². The van der Waals surface area contributed by atoms with Crippen LogP contribution in [0.3, 0.4) is 0 Å². The molecule has 3 aromatic rings. The minimum Gasteiger partial charge on any atom is -0.396 e. The third-order valence-electron chi connectivity index (χ3n) is 3.50. The maximum absolute atomic E-state index is 8.94. The van der Waals surface area contributed by atoms with Crippen LogP contribution in [0.5, 0.6) is 0 Å². The smallest absolute Gasteiger partial charge is 0.170 e. The Morgan fingerprint density at radius 3 is 2.24 bits per heavy atom. The highest BCUT2D eigenvalue weighted by Crippen LogP contribution is 2.27. The number of aliphatic hydroxyl groups is 1. The second-order valence-electron chi connectivity index (χ2n) is 4.95. The van der Waals surface area contributed by atoms with Gasteiger partial charge >= 0.3 is 0 Å². The van der Waals surface area contributed by atoms with E-state index in [1.54, 1.807) is 6.20 Å². The van der Waals surface area contributed by atoms with E-state index in [0.717, 1.165) is 29.7 Å². The van der Waals surface area contributed by atoms with Gasteiger partial charge in [-0.15, -0.1) is 0 Å².